The number of aromatic hydroxyl groups is 1. The number of hydrazone groups is 1. The fraction of sp³-hybridized carbons (Fsp3) is 0.333. The van der Waals surface area contributed by atoms with E-state index < -0.39 is 16.4 Å². The van der Waals surface area contributed by atoms with Crippen LogP contribution in [-0.4, -0.2) is 22.2 Å². The third-order valence-corrected chi connectivity index (χ3v) is 4.95. The SMILES string of the molecule is CC(C)(C)c1ccc(C2CC2C(=O)N/N=C\c2cccc([N+](=O)[O-])c2O)cc1. The second-order valence-electron chi connectivity index (χ2n) is 8.03. The van der Waals surface area contributed by atoms with Gasteiger partial charge in [-0.3, -0.25) is 14.9 Å². The van der Waals surface area contributed by atoms with E-state index in [4.69, 9.17) is 0 Å². The molecule has 1 amide bonds. The largest absolute Gasteiger partial charge is 0.502 e. The molecule has 1 aliphatic rings. The summed E-state index contributed by atoms with van der Waals surface area (Å²) < 4.78 is 0. The predicted octanol–water partition coefficient (Wildman–Crippen LogP) is 3.85. The van der Waals surface area contributed by atoms with Crippen molar-refractivity contribution in [2.75, 3.05) is 0 Å². The lowest BCUT2D eigenvalue weighted by molar-refractivity contribution is -0.385. The Kier molecular flexibility index (Phi) is 5.18. The summed E-state index contributed by atoms with van der Waals surface area (Å²) in [5.41, 5.74) is 4.69. The number of hydrogen-bond acceptors (Lipinski definition) is 5. The van der Waals surface area contributed by atoms with Crippen LogP contribution < -0.4 is 5.43 Å². The Morgan fingerprint density at radius 1 is 1.25 bits per heavy atom. The Labute approximate surface area is 163 Å². The van der Waals surface area contributed by atoms with Crippen molar-refractivity contribution in [2.24, 2.45) is 11.0 Å². The Morgan fingerprint density at radius 2 is 1.93 bits per heavy atom. The summed E-state index contributed by atoms with van der Waals surface area (Å²) in [5.74, 6) is -0.647. The van der Waals surface area contributed by atoms with Crippen molar-refractivity contribution in [2.45, 2.75) is 38.5 Å². The van der Waals surface area contributed by atoms with Crippen LogP contribution in [0.3, 0.4) is 0 Å². The molecule has 28 heavy (non-hydrogen) atoms. The van der Waals surface area contributed by atoms with E-state index in [9.17, 15) is 20.0 Å². The van der Waals surface area contributed by atoms with Crippen LogP contribution in [0.15, 0.2) is 47.6 Å². The number of phenolic OH excluding ortho intramolecular Hbond substituents is 1. The number of amides is 1. The molecule has 1 aliphatic carbocycles. The molecule has 1 saturated carbocycles. The van der Waals surface area contributed by atoms with Crippen molar-refractivity contribution in [1.29, 1.82) is 0 Å². The molecule has 2 atom stereocenters. The molecule has 7 heteroatoms. The van der Waals surface area contributed by atoms with Crippen molar-refractivity contribution in [1.82, 2.24) is 5.43 Å². The number of nitro groups is 1. The summed E-state index contributed by atoms with van der Waals surface area (Å²) in [6.45, 7) is 6.48. The highest BCUT2D eigenvalue weighted by Crippen LogP contribution is 2.47. The van der Waals surface area contributed by atoms with E-state index >= 15 is 0 Å². The Hall–Kier alpha value is -3.22. The maximum atomic E-state index is 12.3. The van der Waals surface area contributed by atoms with Crippen LogP contribution in [0.1, 0.15) is 49.8 Å². The predicted molar refractivity (Wildman–Crippen MR) is 106 cm³/mol. The van der Waals surface area contributed by atoms with E-state index in [1.807, 2.05) is 0 Å². The van der Waals surface area contributed by atoms with Crippen LogP contribution in [-0.2, 0) is 10.2 Å². The highest BCUT2D eigenvalue weighted by atomic mass is 16.6. The van der Waals surface area contributed by atoms with Gasteiger partial charge in [-0.25, -0.2) is 5.43 Å². The Morgan fingerprint density at radius 3 is 2.54 bits per heavy atom. The molecule has 0 spiro atoms. The van der Waals surface area contributed by atoms with Gasteiger partial charge in [-0.1, -0.05) is 51.1 Å². The molecule has 3 rings (SSSR count). The molecule has 7 nitrogen and oxygen atoms in total. The highest BCUT2D eigenvalue weighted by Gasteiger charge is 2.44. The molecule has 2 aromatic rings. The molecule has 0 radical (unpaired) electrons. The molecule has 1 fully saturated rings. The number of nitrogens with one attached hydrogen (secondary N) is 1. The molecule has 0 heterocycles. The van der Waals surface area contributed by atoms with E-state index in [1.54, 1.807) is 0 Å². The maximum Gasteiger partial charge on any atom is 0.311 e. The number of hydrogen-bond donors (Lipinski definition) is 2. The number of phenols is 1. The second kappa shape index (κ2) is 7.42. The van der Waals surface area contributed by atoms with Crippen LogP contribution in [0.4, 0.5) is 5.69 Å². The van der Waals surface area contributed by atoms with E-state index in [1.165, 1.54) is 30.0 Å². The summed E-state index contributed by atoms with van der Waals surface area (Å²) in [6, 6.07) is 12.5. The minimum atomic E-state index is -0.676. The number of rotatable bonds is 5. The van der Waals surface area contributed by atoms with E-state index in [0.717, 1.165) is 12.0 Å². The van der Waals surface area contributed by atoms with Gasteiger partial charge in [0.05, 0.1) is 11.1 Å². The van der Waals surface area contributed by atoms with Crippen molar-refractivity contribution in [3.05, 3.63) is 69.3 Å². The van der Waals surface area contributed by atoms with Gasteiger partial charge in [-0.15, -0.1) is 0 Å². The molecule has 146 valence electrons. The molecular formula is C21H23N3O4. The summed E-state index contributed by atoms with van der Waals surface area (Å²) in [7, 11) is 0. The third-order valence-electron chi connectivity index (χ3n) is 4.95. The van der Waals surface area contributed by atoms with Gasteiger partial charge < -0.3 is 5.11 Å². The lowest BCUT2D eigenvalue weighted by Crippen LogP contribution is -2.20. The van der Waals surface area contributed by atoms with E-state index in [-0.39, 0.29) is 28.7 Å². The van der Waals surface area contributed by atoms with Crippen LogP contribution in [0, 0.1) is 16.0 Å². The highest BCUT2D eigenvalue weighted by molar-refractivity contribution is 5.88. The number of nitro benzene ring substituents is 1. The average Bonchev–Trinajstić information content (AvgIpc) is 3.43. The Balaban J connectivity index is 1.59. The maximum absolute atomic E-state index is 12.3. The zero-order chi connectivity index (χ0) is 20.5. The summed E-state index contributed by atoms with van der Waals surface area (Å²) in [4.78, 5) is 22.4. The standard InChI is InChI=1S/C21H23N3O4/c1-21(2,3)15-9-7-13(8-10-15)16-11-17(16)20(26)23-22-12-14-5-4-6-18(19(14)25)24(27)28/h4-10,12,16-17,25H,11H2,1-3H3,(H,23,26)/b22-12-. The van der Waals surface area contributed by atoms with Gasteiger partial charge in [0.25, 0.3) is 0 Å². The first-order valence-corrected chi connectivity index (χ1v) is 9.08. The Bertz CT molecular complexity index is 930. The molecular weight excluding hydrogens is 358 g/mol. The quantitative estimate of drug-likeness (QED) is 0.466. The van der Waals surface area contributed by atoms with Crippen LogP contribution in [0.2, 0.25) is 0 Å². The van der Waals surface area contributed by atoms with Gasteiger partial charge in [0.2, 0.25) is 11.7 Å². The van der Waals surface area contributed by atoms with E-state index in [0.29, 0.717) is 0 Å². The number of carbonyl (C=O) groups excluding carboxylic acids is 1. The third kappa shape index (κ3) is 4.19. The molecule has 2 aromatic carbocycles. The van der Waals surface area contributed by atoms with Gasteiger partial charge in [0.15, 0.2) is 0 Å². The summed E-state index contributed by atoms with van der Waals surface area (Å²) in [6.07, 6.45) is 1.97. The molecule has 2 unspecified atom stereocenters. The zero-order valence-electron chi connectivity index (χ0n) is 16.0. The summed E-state index contributed by atoms with van der Waals surface area (Å²) in [5, 5.41) is 24.5. The lowest BCUT2D eigenvalue weighted by Gasteiger charge is -2.19. The van der Waals surface area contributed by atoms with Gasteiger partial charge in [-0.2, -0.15) is 5.10 Å². The van der Waals surface area contributed by atoms with Gasteiger partial charge in [-0.05, 0) is 34.9 Å². The minimum absolute atomic E-state index is 0.0889. The molecule has 2 N–H and O–H groups in total. The van der Waals surface area contributed by atoms with Crippen molar-refractivity contribution >= 4 is 17.8 Å². The average molecular weight is 381 g/mol. The summed E-state index contributed by atoms with van der Waals surface area (Å²) >= 11 is 0. The van der Waals surface area contributed by atoms with Gasteiger partial charge >= 0.3 is 5.69 Å². The number of benzene rings is 2. The first-order chi connectivity index (χ1) is 13.2. The van der Waals surface area contributed by atoms with Gasteiger partial charge in [0.1, 0.15) is 0 Å². The van der Waals surface area contributed by atoms with Crippen LogP contribution in [0.5, 0.6) is 5.75 Å². The normalized spacial score (nSPS) is 18.8. The lowest BCUT2D eigenvalue weighted by atomic mass is 9.86. The minimum Gasteiger partial charge on any atom is -0.502 e. The molecule has 0 aromatic heterocycles. The smallest absolute Gasteiger partial charge is 0.311 e. The number of para-hydroxylation sites is 1. The van der Waals surface area contributed by atoms with Crippen LogP contribution in [0.25, 0.3) is 0 Å². The van der Waals surface area contributed by atoms with Crippen molar-refractivity contribution < 1.29 is 14.8 Å². The zero-order valence-corrected chi connectivity index (χ0v) is 16.0. The van der Waals surface area contributed by atoms with Crippen molar-refractivity contribution in [3.8, 4) is 5.75 Å². The van der Waals surface area contributed by atoms with Crippen LogP contribution >= 0.6 is 0 Å². The number of nitrogens with zero attached hydrogens (tertiary/aromatic N) is 2. The fourth-order valence-electron chi connectivity index (χ4n) is 3.13. The number of carbonyl (C=O) groups is 1. The topological polar surface area (TPSA) is 105 Å². The fourth-order valence-corrected chi connectivity index (χ4v) is 3.13. The molecule has 0 aliphatic heterocycles. The second-order valence-corrected chi connectivity index (χ2v) is 8.03. The molecule has 0 bridgehead atoms. The first-order valence-electron chi connectivity index (χ1n) is 9.08. The molecule has 0 saturated heterocycles. The monoisotopic (exact) mass is 381 g/mol. The van der Waals surface area contributed by atoms with Gasteiger partial charge in [0, 0.05) is 17.5 Å². The van der Waals surface area contributed by atoms with E-state index in [2.05, 4.69) is 55.6 Å². The van der Waals surface area contributed by atoms with Crippen molar-refractivity contribution in [3.63, 3.8) is 0 Å². The first kappa shape index (κ1) is 19.5.